The van der Waals surface area contributed by atoms with E-state index in [-0.39, 0.29) is 30.7 Å². The highest BCUT2D eigenvalue weighted by molar-refractivity contribution is 5.95. The highest BCUT2D eigenvalue weighted by Gasteiger charge is 2.28. The molecule has 40 heavy (non-hydrogen) atoms. The summed E-state index contributed by atoms with van der Waals surface area (Å²) in [6, 6.07) is 6.63. The van der Waals surface area contributed by atoms with Crippen LogP contribution >= 0.6 is 0 Å². The number of amides is 2. The minimum Gasteiger partial charge on any atom is -0.493 e. The Labute approximate surface area is 232 Å². The van der Waals surface area contributed by atoms with E-state index in [1.54, 1.807) is 12.1 Å². The molecule has 0 saturated carbocycles. The van der Waals surface area contributed by atoms with Crippen LogP contribution in [-0.4, -0.2) is 71.7 Å². The molecule has 4 rings (SSSR count). The number of alkyl carbamates (subject to hydrolysis) is 1. The second-order valence-corrected chi connectivity index (χ2v) is 10.0. The Balaban J connectivity index is 1.55. The van der Waals surface area contributed by atoms with E-state index in [1.165, 1.54) is 19.2 Å². The fourth-order valence-corrected chi connectivity index (χ4v) is 5.20. The summed E-state index contributed by atoms with van der Waals surface area (Å²) in [5.41, 5.74) is 1.97. The lowest BCUT2D eigenvalue weighted by Gasteiger charge is -2.26. The van der Waals surface area contributed by atoms with E-state index in [9.17, 15) is 18.4 Å². The number of carbonyl (C=O) groups excluding carboxylic acids is 2. The third kappa shape index (κ3) is 7.89. The van der Waals surface area contributed by atoms with E-state index in [0.717, 1.165) is 44.1 Å². The second-order valence-electron chi connectivity index (χ2n) is 10.0. The maximum atomic E-state index is 14.2. The summed E-state index contributed by atoms with van der Waals surface area (Å²) in [5, 5.41) is 8.80. The molecule has 1 saturated heterocycles. The molecule has 9 nitrogen and oxygen atoms in total. The maximum absolute atomic E-state index is 14.2. The fraction of sp³-hybridized carbons (Fsp3) is 0.517. The third-order valence-electron chi connectivity index (χ3n) is 7.22. The quantitative estimate of drug-likeness (QED) is 0.341. The van der Waals surface area contributed by atoms with Gasteiger partial charge in [-0.2, -0.15) is 0 Å². The Hall–Kier alpha value is -3.28. The van der Waals surface area contributed by atoms with Gasteiger partial charge in [0.15, 0.2) is 0 Å². The van der Waals surface area contributed by atoms with Crippen LogP contribution in [0.25, 0.3) is 0 Å². The van der Waals surface area contributed by atoms with Gasteiger partial charge in [-0.3, -0.25) is 4.79 Å². The average Bonchev–Trinajstić information content (AvgIpc) is 3.43. The fourth-order valence-electron chi connectivity index (χ4n) is 5.20. The van der Waals surface area contributed by atoms with E-state index in [1.807, 2.05) is 7.05 Å². The molecule has 2 aromatic rings. The van der Waals surface area contributed by atoms with Crippen LogP contribution < -0.4 is 20.7 Å². The van der Waals surface area contributed by atoms with Gasteiger partial charge in [0.05, 0.1) is 20.3 Å². The highest BCUT2D eigenvalue weighted by Crippen LogP contribution is 2.38. The lowest BCUT2D eigenvalue weighted by Crippen LogP contribution is -2.41. The van der Waals surface area contributed by atoms with Crippen molar-refractivity contribution in [3.63, 3.8) is 0 Å². The minimum atomic E-state index is -0.913. The molecule has 11 heteroatoms. The number of rotatable bonds is 12. The topological polar surface area (TPSA) is 107 Å². The van der Waals surface area contributed by atoms with Gasteiger partial charge in [0, 0.05) is 56.0 Å². The Morgan fingerprint density at radius 2 is 1.90 bits per heavy atom. The molecule has 0 spiro atoms. The molecule has 218 valence electrons. The summed E-state index contributed by atoms with van der Waals surface area (Å²) in [5.74, 6) is -0.818. The molecule has 1 unspecified atom stereocenters. The molecule has 2 aliphatic rings. The van der Waals surface area contributed by atoms with Crippen molar-refractivity contribution in [1.82, 2.24) is 16.0 Å². The van der Waals surface area contributed by atoms with Crippen LogP contribution in [0.5, 0.6) is 5.75 Å². The zero-order valence-electron chi connectivity index (χ0n) is 22.9. The number of hydrogen-bond donors (Lipinski definition) is 3. The van der Waals surface area contributed by atoms with Gasteiger partial charge in [-0.15, -0.1) is 0 Å². The molecule has 0 bridgehead atoms. The normalized spacial score (nSPS) is 17.9. The standard InChI is InChI=1S/C29H37F2N3O6/c1-32-23(10-18-4-3-7-38-17-18)16-34-28(35)20-13-25(24-5-8-39-26(24)14-20)27(40-9-6-33-29(36)37-2)19-11-21(30)15-22(31)12-19/h11-15,18,23,27,32H,3-10,16-17H2,1-2H3,(H,33,36)(H,34,35)/t18-,23+,27?/m1/s1. The second kappa shape index (κ2) is 14.4. The van der Waals surface area contributed by atoms with Gasteiger partial charge in [-0.1, -0.05) is 0 Å². The van der Waals surface area contributed by atoms with Crippen molar-refractivity contribution < 1.29 is 37.3 Å². The number of likely N-dealkylation sites (N-methyl/N-ethyl adjacent to an activating group) is 1. The molecule has 3 N–H and O–H groups in total. The van der Waals surface area contributed by atoms with Crippen molar-refractivity contribution >= 4 is 12.0 Å². The third-order valence-corrected chi connectivity index (χ3v) is 7.22. The van der Waals surface area contributed by atoms with E-state index in [2.05, 4.69) is 20.7 Å². The first-order chi connectivity index (χ1) is 19.4. The first-order valence-corrected chi connectivity index (χ1v) is 13.6. The number of fused-ring (bicyclic) bond motifs is 1. The molecule has 2 aromatic carbocycles. The molecule has 0 aliphatic carbocycles. The molecule has 0 aromatic heterocycles. The van der Waals surface area contributed by atoms with Crippen molar-refractivity contribution in [2.24, 2.45) is 5.92 Å². The highest BCUT2D eigenvalue weighted by atomic mass is 19.1. The van der Waals surface area contributed by atoms with Crippen molar-refractivity contribution in [1.29, 1.82) is 0 Å². The Morgan fingerprint density at radius 3 is 2.60 bits per heavy atom. The number of carbonyl (C=O) groups is 2. The van der Waals surface area contributed by atoms with Gasteiger partial charge in [0.25, 0.3) is 5.91 Å². The lowest BCUT2D eigenvalue weighted by atomic mass is 9.92. The smallest absolute Gasteiger partial charge is 0.406 e. The molecule has 2 aliphatic heterocycles. The largest absolute Gasteiger partial charge is 0.493 e. The van der Waals surface area contributed by atoms with Crippen LogP contribution in [0.2, 0.25) is 0 Å². The first-order valence-electron chi connectivity index (χ1n) is 13.6. The van der Waals surface area contributed by atoms with E-state index in [4.69, 9.17) is 14.2 Å². The van der Waals surface area contributed by atoms with Gasteiger partial charge >= 0.3 is 6.09 Å². The van der Waals surface area contributed by atoms with E-state index >= 15 is 0 Å². The molecule has 1 fully saturated rings. The van der Waals surface area contributed by atoms with Crippen LogP contribution in [0.4, 0.5) is 13.6 Å². The maximum Gasteiger partial charge on any atom is 0.406 e. The lowest BCUT2D eigenvalue weighted by molar-refractivity contribution is 0.0478. The number of nitrogens with one attached hydrogen (secondary N) is 3. The molecule has 0 radical (unpaired) electrons. The van der Waals surface area contributed by atoms with Gasteiger partial charge in [-0.05, 0) is 67.6 Å². The SMILES string of the molecule is CN[C@H](CNC(=O)c1cc2c(c(C(OCCNC(=O)OC)c3cc(F)cc(F)c3)c1)CCO2)C[C@H]1CCCOC1. The number of methoxy groups -OCH3 is 1. The van der Waals surface area contributed by atoms with Crippen molar-refractivity contribution in [3.05, 3.63) is 64.2 Å². The van der Waals surface area contributed by atoms with Crippen LogP contribution in [0.3, 0.4) is 0 Å². The Morgan fingerprint density at radius 1 is 1.10 bits per heavy atom. The number of ether oxygens (including phenoxy) is 4. The summed E-state index contributed by atoms with van der Waals surface area (Å²) in [6.45, 7) is 2.50. The van der Waals surface area contributed by atoms with Gasteiger partial charge in [-0.25, -0.2) is 13.6 Å². The Kier molecular flexibility index (Phi) is 10.7. The van der Waals surface area contributed by atoms with Gasteiger partial charge < -0.3 is 34.9 Å². The average molecular weight is 562 g/mol. The molecule has 2 heterocycles. The van der Waals surface area contributed by atoms with Crippen LogP contribution in [0.1, 0.15) is 52.4 Å². The molecule has 3 atom stereocenters. The van der Waals surface area contributed by atoms with Crippen LogP contribution in [0, 0.1) is 17.6 Å². The molecule has 2 amide bonds. The number of halogens is 2. The first kappa shape index (κ1) is 29.7. The summed E-state index contributed by atoms with van der Waals surface area (Å²) in [6.07, 6.45) is 2.05. The summed E-state index contributed by atoms with van der Waals surface area (Å²) < 4.78 is 50.5. The Bertz CT molecular complexity index is 1150. The van der Waals surface area contributed by atoms with E-state index < -0.39 is 23.8 Å². The summed E-state index contributed by atoms with van der Waals surface area (Å²) in [4.78, 5) is 24.7. The van der Waals surface area contributed by atoms with Gasteiger partial charge in [0.2, 0.25) is 0 Å². The predicted octanol–water partition coefficient (Wildman–Crippen LogP) is 3.50. The minimum absolute atomic E-state index is 0.0265. The monoisotopic (exact) mass is 561 g/mol. The van der Waals surface area contributed by atoms with Crippen LogP contribution in [-0.2, 0) is 20.6 Å². The van der Waals surface area contributed by atoms with E-state index in [0.29, 0.717) is 42.4 Å². The van der Waals surface area contributed by atoms with Gasteiger partial charge in [0.1, 0.15) is 23.5 Å². The summed E-state index contributed by atoms with van der Waals surface area (Å²) >= 11 is 0. The van der Waals surface area contributed by atoms with Crippen molar-refractivity contribution in [2.75, 3.05) is 53.7 Å². The van der Waals surface area contributed by atoms with Crippen molar-refractivity contribution in [2.45, 2.75) is 37.8 Å². The van der Waals surface area contributed by atoms with Crippen molar-refractivity contribution in [3.8, 4) is 5.75 Å². The number of benzene rings is 2. The predicted molar refractivity (Wildman–Crippen MR) is 144 cm³/mol. The molecular weight excluding hydrogens is 524 g/mol. The molecular formula is C29H37F2N3O6. The summed E-state index contributed by atoms with van der Waals surface area (Å²) in [7, 11) is 3.12. The number of hydrogen-bond acceptors (Lipinski definition) is 7. The van der Waals surface area contributed by atoms with Crippen LogP contribution in [0.15, 0.2) is 30.3 Å². The zero-order chi connectivity index (χ0) is 28.5. The zero-order valence-corrected chi connectivity index (χ0v) is 22.9.